The first-order chi connectivity index (χ1) is 14.5. The van der Waals surface area contributed by atoms with Gasteiger partial charge in [0.1, 0.15) is 0 Å². The van der Waals surface area contributed by atoms with Gasteiger partial charge in [0.25, 0.3) is 0 Å². The minimum atomic E-state index is 0.344. The Morgan fingerprint density at radius 1 is 0.567 bits per heavy atom. The van der Waals surface area contributed by atoms with E-state index in [4.69, 9.17) is 0 Å². The first kappa shape index (κ1) is 18.2. The van der Waals surface area contributed by atoms with Crippen molar-refractivity contribution < 1.29 is 0 Å². The zero-order valence-corrected chi connectivity index (χ0v) is 17.3. The molecule has 0 spiro atoms. The summed E-state index contributed by atoms with van der Waals surface area (Å²) in [7, 11) is 2.66. The van der Waals surface area contributed by atoms with Gasteiger partial charge < -0.3 is 0 Å². The molecule has 0 radical (unpaired) electrons. The van der Waals surface area contributed by atoms with E-state index in [1.165, 1.54) is 0 Å². The fourth-order valence-electron chi connectivity index (χ4n) is 4.47. The summed E-state index contributed by atoms with van der Waals surface area (Å²) in [5.74, 6) is 0. The highest BCUT2D eigenvalue weighted by Gasteiger charge is 2.23. The van der Waals surface area contributed by atoms with Gasteiger partial charge in [-0.05, 0) is 39.7 Å². The van der Waals surface area contributed by atoms with Crippen LogP contribution in [0.3, 0.4) is 0 Å². The van der Waals surface area contributed by atoms with E-state index in [2.05, 4.69) is 46.1 Å². The molecule has 30 heavy (non-hydrogen) atoms. The van der Waals surface area contributed by atoms with Crippen molar-refractivity contribution in [2.75, 3.05) is 0 Å². The molecule has 1 unspecified atom stereocenters. The predicted octanol–water partition coefficient (Wildman–Crippen LogP) is 5.01. The fourth-order valence-corrected chi connectivity index (χ4v) is 5.23. The van der Waals surface area contributed by atoms with Crippen molar-refractivity contribution in [3.63, 3.8) is 0 Å². The van der Waals surface area contributed by atoms with Crippen molar-refractivity contribution in [1.29, 1.82) is 21.0 Å². The largest absolute Gasteiger partial charge is 0.192 e. The van der Waals surface area contributed by atoms with Gasteiger partial charge in [0.05, 0.1) is 46.5 Å². The highest BCUT2D eigenvalue weighted by atomic mass is 32.1. The number of fused-ring (bicyclic) bond motifs is 2. The molecule has 0 aliphatic heterocycles. The van der Waals surface area contributed by atoms with Crippen LogP contribution in [0.25, 0.3) is 43.1 Å². The molecule has 5 aromatic carbocycles. The number of benzene rings is 5. The van der Waals surface area contributed by atoms with Gasteiger partial charge in [-0.1, -0.05) is 18.2 Å². The number of nitriles is 4. The molecule has 5 aromatic rings. The molecule has 5 rings (SSSR count). The van der Waals surface area contributed by atoms with Gasteiger partial charge in [-0.25, -0.2) is 0 Å². The smallest absolute Gasteiger partial charge is 0.0999 e. The lowest BCUT2D eigenvalue weighted by Crippen LogP contribution is -2.01. The summed E-state index contributed by atoms with van der Waals surface area (Å²) in [6, 6.07) is 19.6. The summed E-state index contributed by atoms with van der Waals surface area (Å²) in [5, 5.41) is 46.0. The van der Waals surface area contributed by atoms with E-state index in [0.29, 0.717) is 48.7 Å². The van der Waals surface area contributed by atoms with Crippen LogP contribution in [-0.4, -0.2) is 0 Å². The van der Waals surface area contributed by atoms with Crippen LogP contribution in [0.2, 0.25) is 0 Å². The number of nitrogens with zero attached hydrogens (tertiary/aromatic N) is 4. The van der Waals surface area contributed by atoms with E-state index in [0.717, 1.165) is 26.8 Å². The Hall–Kier alpha value is -3.86. The van der Waals surface area contributed by atoms with Crippen LogP contribution in [-0.2, 0) is 0 Å². The van der Waals surface area contributed by atoms with Crippen LogP contribution in [0, 0.1) is 45.3 Å². The van der Waals surface area contributed by atoms with Crippen molar-refractivity contribution in [2.24, 2.45) is 0 Å². The average molecular weight is 416 g/mol. The molecule has 0 saturated carbocycles. The summed E-state index contributed by atoms with van der Waals surface area (Å²) in [5.41, 5.74) is 1.64. The van der Waals surface area contributed by atoms with Crippen LogP contribution in [0.15, 0.2) is 41.3 Å². The zero-order valence-electron chi connectivity index (χ0n) is 15.3. The number of rotatable bonds is 0. The van der Waals surface area contributed by atoms with Gasteiger partial charge in [-0.3, -0.25) is 0 Å². The SMILES string of the molecule is N#Cc1ccc2c3c(C#N)cc(S)c4c(C#N)cc(C#N)c(c5ccc(P)c1c25)c43. The third-order valence-electron chi connectivity index (χ3n) is 5.60. The maximum Gasteiger partial charge on any atom is 0.0999 e. The highest BCUT2D eigenvalue weighted by molar-refractivity contribution is 7.80. The normalized spacial score (nSPS) is 10.9. The molecule has 0 heterocycles. The maximum atomic E-state index is 9.90. The molecular weight excluding hydrogens is 407 g/mol. The van der Waals surface area contributed by atoms with Crippen LogP contribution in [0.5, 0.6) is 0 Å². The standard InChI is InChI=1S/C24H9N4PS/c25-7-11-1-2-15-20-14(10-28)6-18(30)22-13(9-27)5-12(8-26)19(24(20)22)16-3-4-17(29)21(11)23(15)16/h1-6,30H,29H2. The lowest BCUT2D eigenvalue weighted by molar-refractivity contribution is 1.45. The van der Waals surface area contributed by atoms with E-state index < -0.39 is 0 Å². The van der Waals surface area contributed by atoms with Crippen LogP contribution in [0.1, 0.15) is 22.3 Å². The molecular formula is C24H9N4PS. The molecule has 136 valence electrons. The molecule has 0 aliphatic rings. The fraction of sp³-hybridized carbons (Fsp3) is 0. The zero-order chi connectivity index (χ0) is 21.2. The van der Waals surface area contributed by atoms with Gasteiger partial charge >= 0.3 is 0 Å². The predicted molar refractivity (Wildman–Crippen MR) is 123 cm³/mol. The molecule has 0 amide bonds. The number of hydrogen-bond acceptors (Lipinski definition) is 5. The third kappa shape index (κ3) is 2.12. The lowest BCUT2D eigenvalue weighted by Gasteiger charge is -2.19. The van der Waals surface area contributed by atoms with Gasteiger partial charge in [0.2, 0.25) is 0 Å². The summed E-state index contributed by atoms with van der Waals surface area (Å²) >= 11 is 4.56. The first-order valence-corrected chi connectivity index (χ1v) is 9.91. The molecule has 0 aliphatic carbocycles. The second-order valence-corrected chi connectivity index (χ2v) is 8.08. The minimum Gasteiger partial charge on any atom is -0.192 e. The van der Waals surface area contributed by atoms with Crippen LogP contribution >= 0.6 is 21.9 Å². The van der Waals surface area contributed by atoms with Crippen LogP contribution < -0.4 is 5.30 Å². The first-order valence-electron chi connectivity index (χ1n) is 8.88. The van der Waals surface area contributed by atoms with Gasteiger partial charge in [-0.15, -0.1) is 21.9 Å². The van der Waals surface area contributed by atoms with Crippen molar-refractivity contribution in [3.8, 4) is 24.3 Å². The topological polar surface area (TPSA) is 95.2 Å². The van der Waals surface area contributed by atoms with E-state index in [1.807, 2.05) is 18.2 Å². The second kappa shape index (κ2) is 6.32. The molecule has 0 fully saturated rings. The Morgan fingerprint density at radius 3 is 1.70 bits per heavy atom. The lowest BCUT2D eigenvalue weighted by atomic mass is 9.84. The Balaban J connectivity index is 2.34. The van der Waals surface area contributed by atoms with Gasteiger partial charge in [0.15, 0.2) is 0 Å². The van der Waals surface area contributed by atoms with Crippen molar-refractivity contribution in [2.45, 2.75) is 4.90 Å². The monoisotopic (exact) mass is 416 g/mol. The Morgan fingerprint density at radius 2 is 1.10 bits per heavy atom. The molecule has 0 aromatic heterocycles. The van der Waals surface area contributed by atoms with E-state index in [9.17, 15) is 21.0 Å². The molecule has 1 atom stereocenters. The highest BCUT2D eigenvalue weighted by Crippen LogP contribution is 2.45. The van der Waals surface area contributed by atoms with E-state index in [-0.39, 0.29) is 0 Å². The van der Waals surface area contributed by atoms with Crippen LogP contribution in [0.4, 0.5) is 0 Å². The maximum absolute atomic E-state index is 9.90. The number of thiol groups is 1. The van der Waals surface area contributed by atoms with Gasteiger partial charge in [-0.2, -0.15) is 21.0 Å². The van der Waals surface area contributed by atoms with Crippen molar-refractivity contribution in [1.82, 2.24) is 0 Å². The Labute approximate surface area is 179 Å². The summed E-state index contributed by atoms with van der Waals surface area (Å²) in [6.07, 6.45) is 0. The minimum absolute atomic E-state index is 0.344. The van der Waals surface area contributed by atoms with E-state index in [1.54, 1.807) is 18.2 Å². The van der Waals surface area contributed by atoms with Crippen molar-refractivity contribution in [3.05, 3.63) is 58.7 Å². The third-order valence-corrected chi connectivity index (χ3v) is 6.43. The Bertz CT molecular complexity index is 1740. The second-order valence-electron chi connectivity index (χ2n) is 6.98. The summed E-state index contributed by atoms with van der Waals surface area (Å²) in [4.78, 5) is 0.517. The number of hydrogen-bond donors (Lipinski definition) is 1. The summed E-state index contributed by atoms with van der Waals surface area (Å²) < 4.78 is 0. The Kier molecular flexibility index (Phi) is 3.83. The average Bonchev–Trinajstić information content (AvgIpc) is 2.77. The molecule has 0 bridgehead atoms. The quantitative estimate of drug-likeness (QED) is 0.166. The van der Waals surface area contributed by atoms with Crippen molar-refractivity contribution >= 4 is 70.3 Å². The molecule has 6 heteroatoms. The summed E-state index contributed by atoms with van der Waals surface area (Å²) in [6.45, 7) is 0. The molecule has 4 nitrogen and oxygen atoms in total. The molecule has 0 saturated heterocycles. The molecule has 0 N–H and O–H groups in total. The van der Waals surface area contributed by atoms with E-state index >= 15 is 0 Å². The van der Waals surface area contributed by atoms with Gasteiger partial charge in [0, 0.05) is 31.8 Å².